The molecule has 0 saturated carbocycles. The van der Waals surface area contributed by atoms with Gasteiger partial charge in [0.1, 0.15) is 0 Å². The zero-order valence-electron chi connectivity index (χ0n) is 8.80. The molecule has 1 atom stereocenters. The van der Waals surface area contributed by atoms with Crippen LogP contribution in [-0.2, 0) is 0 Å². The van der Waals surface area contributed by atoms with Crippen LogP contribution in [0.25, 0.3) is 0 Å². The molecule has 0 spiro atoms. The minimum Gasteiger partial charge on any atom is -0.307 e. The van der Waals surface area contributed by atoms with Gasteiger partial charge in [0, 0.05) is 22.9 Å². The van der Waals surface area contributed by atoms with Crippen LogP contribution in [0.4, 0.5) is 0 Å². The van der Waals surface area contributed by atoms with Crippen LogP contribution in [0.5, 0.6) is 0 Å². The Kier molecular flexibility index (Phi) is 3.19. The van der Waals surface area contributed by atoms with Crippen molar-refractivity contribution < 1.29 is 0 Å². The highest BCUT2D eigenvalue weighted by Crippen LogP contribution is 2.14. The lowest BCUT2D eigenvalue weighted by Gasteiger charge is -2.14. The molecule has 16 heavy (non-hydrogen) atoms. The molecule has 0 aliphatic heterocycles. The van der Waals surface area contributed by atoms with Gasteiger partial charge in [0.25, 0.3) is 5.56 Å². The van der Waals surface area contributed by atoms with Crippen molar-refractivity contribution >= 4 is 15.9 Å². The first-order chi connectivity index (χ1) is 7.68. The number of nitrogens with zero attached hydrogens (tertiary/aromatic N) is 2. The summed E-state index contributed by atoms with van der Waals surface area (Å²) < 4.78 is 2.45. The maximum absolute atomic E-state index is 11.8. The molecule has 0 bridgehead atoms. The van der Waals surface area contributed by atoms with Crippen LogP contribution in [0.15, 0.2) is 52.0 Å². The van der Waals surface area contributed by atoms with Crippen molar-refractivity contribution in [3.8, 4) is 0 Å². The van der Waals surface area contributed by atoms with Gasteiger partial charge in [-0.05, 0) is 25.1 Å². The van der Waals surface area contributed by atoms with Gasteiger partial charge in [-0.3, -0.25) is 9.78 Å². The van der Waals surface area contributed by atoms with Crippen molar-refractivity contribution in [2.24, 2.45) is 0 Å². The van der Waals surface area contributed by atoms with Crippen molar-refractivity contribution in [3.63, 3.8) is 0 Å². The van der Waals surface area contributed by atoms with E-state index in [1.165, 1.54) is 0 Å². The summed E-state index contributed by atoms with van der Waals surface area (Å²) in [5, 5.41) is 0. The molecule has 2 rings (SSSR count). The number of halogens is 1. The molecular weight excluding hydrogens is 268 g/mol. The van der Waals surface area contributed by atoms with Crippen molar-refractivity contribution in [2.45, 2.75) is 13.0 Å². The Hall–Kier alpha value is -1.42. The quantitative estimate of drug-likeness (QED) is 0.847. The first-order valence-electron chi connectivity index (χ1n) is 4.97. The standard InChI is InChI=1S/C12H11BrN2O/c1-9(11-4-2-3-6-14-11)15-7-5-10(13)8-12(15)16/h2-9H,1H3. The number of pyridine rings is 2. The van der Waals surface area contributed by atoms with Crippen LogP contribution in [-0.4, -0.2) is 9.55 Å². The fraction of sp³-hybridized carbons (Fsp3) is 0.167. The van der Waals surface area contributed by atoms with Crippen molar-refractivity contribution in [2.75, 3.05) is 0 Å². The molecule has 2 aromatic rings. The van der Waals surface area contributed by atoms with E-state index >= 15 is 0 Å². The maximum atomic E-state index is 11.8. The second-order valence-electron chi connectivity index (χ2n) is 3.52. The average molecular weight is 279 g/mol. The molecule has 0 fully saturated rings. The van der Waals surface area contributed by atoms with E-state index in [4.69, 9.17) is 0 Å². The third-order valence-corrected chi connectivity index (χ3v) is 2.94. The largest absolute Gasteiger partial charge is 0.307 e. The zero-order chi connectivity index (χ0) is 11.5. The predicted molar refractivity (Wildman–Crippen MR) is 66.5 cm³/mol. The van der Waals surface area contributed by atoms with Gasteiger partial charge >= 0.3 is 0 Å². The molecular formula is C12H11BrN2O. The van der Waals surface area contributed by atoms with E-state index in [-0.39, 0.29) is 11.6 Å². The molecule has 82 valence electrons. The molecule has 0 aliphatic rings. The Bertz CT molecular complexity index is 536. The second kappa shape index (κ2) is 4.61. The zero-order valence-corrected chi connectivity index (χ0v) is 10.4. The Morgan fingerprint density at radius 1 is 1.38 bits per heavy atom. The number of rotatable bonds is 2. The Morgan fingerprint density at radius 2 is 2.19 bits per heavy atom. The molecule has 0 aliphatic carbocycles. The summed E-state index contributed by atoms with van der Waals surface area (Å²) in [6.45, 7) is 1.96. The first kappa shape index (κ1) is 11.1. The van der Waals surface area contributed by atoms with E-state index < -0.39 is 0 Å². The van der Waals surface area contributed by atoms with Crippen molar-refractivity contribution in [1.29, 1.82) is 0 Å². The lowest BCUT2D eigenvalue weighted by atomic mass is 10.2. The van der Waals surface area contributed by atoms with Gasteiger partial charge in [0.05, 0.1) is 11.7 Å². The van der Waals surface area contributed by atoms with E-state index in [1.54, 1.807) is 23.0 Å². The summed E-state index contributed by atoms with van der Waals surface area (Å²) in [6, 6.07) is 9.05. The van der Waals surface area contributed by atoms with Crippen LogP contribution >= 0.6 is 15.9 Å². The number of hydrogen-bond donors (Lipinski definition) is 0. The highest BCUT2D eigenvalue weighted by atomic mass is 79.9. The fourth-order valence-corrected chi connectivity index (χ4v) is 1.87. The van der Waals surface area contributed by atoms with Gasteiger partial charge < -0.3 is 4.57 Å². The van der Waals surface area contributed by atoms with E-state index in [1.807, 2.05) is 31.2 Å². The van der Waals surface area contributed by atoms with E-state index in [2.05, 4.69) is 20.9 Å². The number of aromatic nitrogens is 2. The van der Waals surface area contributed by atoms with Gasteiger partial charge in [0.2, 0.25) is 0 Å². The molecule has 0 N–H and O–H groups in total. The molecule has 0 saturated heterocycles. The fourth-order valence-electron chi connectivity index (χ4n) is 1.55. The summed E-state index contributed by atoms with van der Waals surface area (Å²) >= 11 is 3.27. The maximum Gasteiger partial charge on any atom is 0.252 e. The van der Waals surface area contributed by atoms with E-state index in [9.17, 15) is 4.79 Å². The molecule has 2 heterocycles. The minimum absolute atomic E-state index is 0.0347. The topological polar surface area (TPSA) is 34.9 Å². The summed E-state index contributed by atoms with van der Waals surface area (Å²) in [4.78, 5) is 16.0. The third-order valence-electron chi connectivity index (χ3n) is 2.44. The van der Waals surface area contributed by atoms with E-state index in [0.717, 1.165) is 10.2 Å². The molecule has 3 nitrogen and oxygen atoms in total. The van der Waals surface area contributed by atoms with Crippen LogP contribution in [0.3, 0.4) is 0 Å². The van der Waals surface area contributed by atoms with Crippen LogP contribution in [0.2, 0.25) is 0 Å². The summed E-state index contributed by atoms with van der Waals surface area (Å²) in [5.74, 6) is 0. The van der Waals surface area contributed by atoms with Crippen molar-refractivity contribution in [3.05, 3.63) is 63.2 Å². The monoisotopic (exact) mass is 278 g/mol. The highest BCUT2D eigenvalue weighted by Gasteiger charge is 2.09. The normalized spacial score (nSPS) is 12.4. The third kappa shape index (κ3) is 2.22. The van der Waals surface area contributed by atoms with Crippen LogP contribution in [0.1, 0.15) is 18.7 Å². The Labute approximate surface area is 102 Å². The van der Waals surface area contributed by atoms with Gasteiger partial charge in [-0.15, -0.1) is 0 Å². The van der Waals surface area contributed by atoms with Gasteiger partial charge in [-0.2, -0.15) is 0 Å². The SMILES string of the molecule is CC(c1ccccn1)n1ccc(Br)cc1=O. The second-order valence-corrected chi connectivity index (χ2v) is 4.44. The molecule has 0 amide bonds. The summed E-state index contributed by atoms with van der Waals surface area (Å²) in [5.41, 5.74) is 0.847. The van der Waals surface area contributed by atoms with Gasteiger partial charge in [-0.1, -0.05) is 22.0 Å². The number of hydrogen-bond acceptors (Lipinski definition) is 2. The van der Waals surface area contributed by atoms with Crippen LogP contribution in [0, 0.1) is 0 Å². The van der Waals surface area contributed by atoms with Gasteiger partial charge in [0.15, 0.2) is 0 Å². The average Bonchev–Trinajstić information content (AvgIpc) is 2.29. The van der Waals surface area contributed by atoms with Crippen molar-refractivity contribution in [1.82, 2.24) is 9.55 Å². The highest BCUT2D eigenvalue weighted by molar-refractivity contribution is 9.10. The molecule has 0 radical (unpaired) electrons. The lowest BCUT2D eigenvalue weighted by Crippen LogP contribution is -2.22. The molecule has 4 heteroatoms. The lowest BCUT2D eigenvalue weighted by molar-refractivity contribution is 0.598. The minimum atomic E-state index is -0.0539. The molecule has 2 aromatic heterocycles. The molecule has 1 unspecified atom stereocenters. The summed E-state index contributed by atoms with van der Waals surface area (Å²) in [6.07, 6.45) is 3.50. The van der Waals surface area contributed by atoms with Gasteiger partial charge in [-0.25, -0.2) is 0 Å². The smallest absolute Gasteiger partial charge is 0.252 e. The van der Waals surface area contributed by atoms with Crippen LogP contribution < -0.4 is 5.56 Å². The molecule has 0 aromatic carbocycles. The summed E-state index contributed by atoms with van der Waals surface area (Å²) in [7, 11) is 0. The Balaban J connectivity index is 2.42. The Morgan fingerprint density at radius 3 is 2.81 bits per heavy atom. The first-order valence-corrected chi connectivity index (χ1v) is 5.76. The van der Waals surface area contributed by atoms with E-state index in [0.29, 0.717) is 0 Å². The predicted octanol–water partition coefficient (Wildman–Crippen LogP) is 2.62.